The van der Waals surface area contributed by atoms with E-state index in [-0.39, 0.29) is 17.2 Å². The molecule has 1 aromatic heterocycles. The molecule has 164 valence electrons. The summed E-state index contributed by atoms with van der Waals surface area (Å²) in [5.41, 5.74) is 2.39. The van der Waals surface area contributed by atoms with Crippen LogP contribution in [0.5, 0.6) is 5.75 Å². The van der Waals surface area contributed by atoms with Crippen LogP contribution < -0.4 is 10.1 Å². The maximum absolute atomic E-state index is 12.8. The van der Waals surface area contributed by atoms with Crippen LogP contribution in [0.25, 0.3) is 22.2 Å². The Morgan fingerprint density at radius 1 is 1.35 bits per heavy atom. The summed E-state index contributed by atoms with van der Waals surface area (Å²) < 4.78 is 63.8. The molecular weight excluding hydrogens is 433 g/mol. The van der Waals surface area contributed by atoms with Gasteiger partial charge in [0.1, 0.15) is 5.75 Å². The molecule has 0 bridgehead atoms. The molecule has 0 aliphatic rings. The average Bonchev–Trinajstić information content (AvgIpc) is 3.05. The number of benzene rings is 2. The number of nitrogens with zero attached hydrogens (tertiary/aromatic N) is 2. The number of nitrogens with one attached hydrogen (secondary N) is 2. The Balaban J connectivity index is 2.20. The molecule has 7 nitrogen and oxygen atoms in total. The van der Waals surface area contributed by atoms with Crippen molar-refractivity contribution in [2.75, 3.05) is 6.26 Å². The second-order valence-corrected chi connectivity index (χ2v) is 8.90. The Bertz CT molecular complexity index is 1260. The monoisotopic (exact) mass is 452 g/mol. The van der Waals surface area contributed by atoms with Gasteiger partial charge >= 0.3 is 6.36 Å². The third-order valence-corrected chi connectivity index (χ3v) is 5.68. The standard InChI is InChI=1S/C20H19F3N4O3S/c1-4-16(28)25-10-13-9-15(12-5-7-14(8-6-12)30-20(21,22)23)17-18(27(2)11-26-17)19(13)31(3,24)29/h4-9,11,24H,1,10H2,2-3H3,(H,25,28)/t31-/m1/s1. The quantitative estimate of drug-likeness (QED) is 0.553. The fraction of sp³-hybridized carbons (Fsp3) is 0.200. The van der Waals surface area contributed by atoms with E-state index in [2.05, 4.69) is 21.6 Å². The number of amides is 1. The highest BCUT2D eigenvalue weighted by atomic mass is 32.2. The van der Waals surface area contributed by atoms with Gasteiger partial charge in [0.25, 0.3) is 0 Å². The van der Waals surface area contributed by atoms with Gasteiger partial charge in [0.05, 0.1) is 32.0 Å². The molecule has 0 saturated heterocycles. The summed E-state index contributed by atoms with van der Waals surface area (Å²) in [5.74, 6) is -0.815. The minimum atomic E-state index is -4.80. The third-order valence-electron chi connectivity index (χ3n) is 4.44. The van der Waals surface area contributed by atoms with Crippen molar-refractivity contribution in [2.24, 2.45) is 7.05 Å². The fourth-order valence-corrected chi connectivity index (χ4v) is 4.47. The van der Waals surface area contributed by atoms with Crippen LogP contribution in [-0.2, 0) is 28.1 Å². The molecule has 0 aliphatic heterocycles. The zero-order valence-electron chi connectivity index (χ0n) is 16.6. The molecular formula is C20H19F3N4O3S. The average molecular weight is 452 g/mol. The van der Waals surface area contributed by atoms with Crippen LogP contribution in [0.2, 0.25) is 0 Å². The first-order chi connectivity index (χ1) is 14.4. The Hall–Kier alpha value is -3.34. The van der Waals surface area contributed by atoms with Gasteiger partial charge in [-0.1, -0.05) is 18.7 Å². The van der Waals surface area contributed by atoms with Crippen LogP contribution >= 0.6 is 0 Å². The van der Waals surface area contributed by atoms with Crippen molar-refractivity contribution in [3.8, 4) is 16.9 Å². The van der Waals surface area contributed by atoms with Gasteiger partial charge in [0.2, 0.25) is 5.91 Å². The molecule has 11 heteroatoms. The van der Waals surface area contributed by atoms with Gasteiger partial charge in [-0.05, 0) is 35.4 Å². The van der Waals surface area contributed by atoms with Crippen LogP contribution in [0, 0.1) is 4.78 Å². The van der Waals surface area contributed by atoms with Crippen molar-refractivity contribution in [3.05, 3.63) is 54.9 Å². The minimum absolute atomic E-state index is 0.0206. The number of fused-ring (bicyclic) bond motifs is 1. The molecule has 0 saturated carbocycles. The molecule has 0 aliphatic carbocycles. The van der Waals surface area contributed by atoms with Crippen molar-refractivity contribution in [2.45, 2.75) is 17.8 Å². The summed E-state index contributed by atoms with van der Waals surface area (Å²) in [6.07, 6.45) is -0.942. The lowest BCUT2D eigenvalue weighted by Crippen LogP contribution is -2.21. The number of imidazole rings is 1. The largest absolute Gasteiger partial charge is 0.573 e. The Kier molecular flexibility index (Phi) is 5.81. The molecule has 3 rings (SSSR count). The predicted molar refractivity (Wildman–Crippen MR) is 110 cm³/mol. The normalized spacial score (nSPS) is 13.6. The van der Waals surface area contributed by atoms with Crippen molar-refractivity contribution < 1.29 is 26.9 Å². The molecule has 2 aromatic carbocycles. The first kappa shape index (κ1) is 22.3. The lowest BCUT2D eigenvalue weighted by Gasteiger charge is -2.16. The van der Waals surface area contributed by atoms with Gasteiger partial charge in [0, 0.05) is 25.4 Å². The number of aromatic nitrogens is 2. The summed E-state index contributed by atoms with van der Waals surface area (Å²) in [4.78, 5) is 16.2. The van der Waals surface area contributed by atoms with Crippen LogP contribution in [0.1, 0.15) is 5.56 Å². The molecule has 2 N–H and O–H groups in total. The topological polar surface area (TPSA) is 97.1 Å². The molecule has 0 radical (unpaired) electrons. The number of aryl methyl sites for hydroxylation is 1. The van der Waals surface area contributed by atoms with Crippen LogP contribution in [0.4, 0.5) is 13.2 Å². The Labute approximate surface area is 176 Å². The molecule has 1 atom stereocenters. The van der Waals surface area contributed by atoms with Crippen molar-refractivity contribution >= 4 is 26.7 Å². The predicted octanol–water partition coefficient (Wildman–Crippen LogP) is 3.98. The van der Waals surface area contributed by atoms with Crippen molar-refractivity contribution in [1.29, 1.82) is 4.78 Å². The summed E-state index contributed by atoms with van der Waals surface area (Å²) in [7, 11) is -1.54. The van der Waals surface area contributed by atoms with E-state index in [4.69, 9.17) is 4.78 Å². The zero-order chi connectivity index (χ0) is 23.0. The van der Waals surface area contributed by atoms with E-state index in [1.807, 2.05) is 0 Å². The van der Waals surface area contributed by atoms with E-state index in [9.17, 15) is 22.2 Å². The molecule has 0 spiro atoms. The van der Waals surface area contributed by atoms with E-state index < -0.39 is 22.0 Å². The van der Waals surface area contributed by atoms with Gasteiger partial charge < -0.3 is 14.6 Å². The number of hydrogen-bond donors (Lipinski definition) is 2. The maximum atomic E-state index is 12.8. The summed E-state index contributed by atoms with van der Waals surface area (Å²) in [5, 5.41) is 2.61. The minimum Gasteiger partial charge on any atom is -0.406 e. The summed E-state index contributed by atoms with van der Waals surface area (Å²) in [6, 6.07) is 6.88. The molecule has 0 unspecified atom stereocenters. The van der Waals surface area contributed by atoms with E-state index in [1.54, 1.807) is 17.7 Å². The Morgan fingerprint density at radius 3 is 2.55 bits per heavy atom. The van der Waals surface area contributed by atoms with E-state index in [0.29, 0.717) is 27.7 Å². The van der Waals surface area contributed by atoms with Gasteiger partial charge in [-0.2, -0.15) is 0 Å². The number of halogens is 3. The smallest absolute Gasteiger partial charge is 0.406 e. The summed E-state index contributed by atoms with van der Waals surface area (Å²) >= 11 is 0. The first-order valence-electron chi connectivity index (χ1n) is 8.88. The number of carbonyl (C=O) groups is 1. The lowest BCUT2D eigenvalue weighted by molar-refractivity contribution is -0.274. The highest BCUT2D eigenvalue weighted by Crippen LogP contribution is 2.36. The first-order valence-corrected chi connectivity index (χ1v) is 10.8. The van der Waals surface area contributed by atoms with Crippen LogP contribution in [0.3, 0.4) is 0 Å². The van der Waals surface area contributed by atoms with Gasteiger partial charge in [-0.15, -0.1) is 13.2 Å². The van der Waals surface area contributed by atoms with E-state index >= 15 is 0 Å². The highest BCUT2D eigenvalue weighted by molar-refractivity contribution is 7.92. The second kappa shape index (κ2) is 8.06. The Morgan fingerprint density at radius 2 is 2.00 bits per heavy atom. The van der Waals surface area contributed by atoms with Gasteiger partial charge in [-0.3, -0.25) is 4.79 Å². The maximum Gasteiger partial charge on any atom is 0.573 e. The number of carbonyl (C=O) groups excluding carboxylic acids is 1. The lowest BCUT2D eigenvalue weighted by atomic mass is 10.0. The van der Waals surface area contributed by atoms with E-state index in [0.717, 1.165) is 6.08 Å². The van der Waals surface area contributed by atoms with Crippen LogP contribution in [-0.4, -0.2) is 32.3 Å². The summed E-state index contributed by atoms with van der Waals surface area (Å²) in [6.45, 7) is 3.37. The molecule has 3 aromatic rings. The third kappa shape index (κ3) is 4.88. The van der Waals surface area contributed by atoms with Gasteiger partial charge in [-0.25, -0.2) is 14.0 Å². The highest BCUT2D eigenvalue weighted by Gasteiger charge is 2.31. The fourth-order valence-electron chi connectivity index (χ4n) is 3.23. The number of hydrogen-bond acceptors (Lipinski definition) is 5. The van der Waals surface area contributed by atoms with Crippen molar-refractivity contribution in [3.63, 3.8) is 0 Å². The SMILES string of the molecule is C=CC(=O)NCc1cc(-c2ccc(OC(F)(F)F)cc2)c2ncn(C)c2c1[S@](C)(=N)=O. The van der Waals surface area contributed by atoms with Gasteiger partial charge in [0.15, 0.2) is 0 Å². The number of ether oxygens (including phenoxy) is 1. The number of rotatable bonds is 6. The molecule has 31 heavy (non-hydrogen) atoms. The van der Waals surface area contributed by atoms with Crippen LogP contribution in [0.15, 0.2) is 54.2 Å². The van der Waals surface area contributed by atoms with Crippen molar-refractivity contribution in [1.82, 2.24) is 14.9 Å². The molecule has 1 heterocycles. The second-order valence-electron chi connectivity index (χ2n) is 6.80. The number of alkyl halides is 3. The molecule has 0 fully saturated rings. The zero-order valence-corrected chi connectivity index (χ0v) is 17.4. The van der Waals surface area contributed by atoms with E-state index in [1.165, 1.54) is 36.8 Å². The molecule has 1 amide bonds.